The Kier molecular flexibility index (Phi) is 7.03. The number of para-hydroxylation sites is 2. The monoisotopic (exact) mass is 688 g/mol. The third-order valence-corrected chi connectivity index (χ3v) is 11.4. The summed E-state index contributed by atoms with van der Waals surface area (Å²) in [5.41, 5.74) is 17.7. The standard InChI is InChI=1S/C52H36N2/c1-4-16-35(17-5-1)38-32-39(36-18-6-2-7-19-36)34-40(33-38)53-48-27-15-13-25-46(48)51-50(53)31-29-45-44-24-12-14-26-47(44)54(52(45)51)49-30-28-41(37-20-8-3-9-21-37)42-22-10-11-23-43(42)49/h1-28,30,32-34H,29,31H2. The first kappa shape index (κ1) is 30.7. The highest BCUT2D eigenvalue weighted by molar-refractivity contribution is 6.08. The lowest BCUT2D eigenvalue weighted by atomic mass is 9.91. The molecule has 1 aliphatic carbocycles. The van der Waals surface area contributed by atoms with Crippen molar-refractivity contribution >= 4 is 32.6 Å². The molecule has 0 aliphatic heterocycles. The van der Waals surface area contributed by atoms with Gasteiger partial charge in [-0.2, -0.15) is 0 Å². The Balaban J connectivity index is 1.21. The summed E-state index contributed by atoms with van der Waals surface area (Å²) in [5.74, 6) is 0. The number of aryl methyl sites for hydroxylation is 1. The Labute approximate surface area is 314 Å². The van der Waals surface area contributed by atoms with E-state index >= 15 is 0 Å². The molecule has 2 heteroatoms. The van der Waals surface area contributed by atoms with Crippen molar-refractivity contribution in [3.05, 3.63) is 205 Å². The summed E-state index contributed by atoms with van der Waals surface area (Å²) in [4.78, 5) is 0. The third kappa shape index (κ3) is 4.74. The van der Waals surface area contributed by atoms with Gasteiger partial charge in [-0.1, -0.05) is 158 Å². The van der Waals surface area contributed by atoms with Crippen LogP contribution in [0.4, 0.5) is 0 Å². The van der Waals surface area contributed by atoms with Crippen molar-refractivity contribution in [2.75, 3.05) is 0 Å². The van der Waals surface area contributed by atoms with E-state index in [1.54, 1.807) is 0 Å². The van der Waals surface area contributed by atoms with E-state index in [9.17, 15) is 0 Å². The fraction of sp³-hybridized carbons (Fsp3) is 0.0385. The molecule has 2 nitrogen and oxygen atoms in total. The molecule has 0 atom stereocenters. The van der Waals surface area contributed by atoms with Crippen LogP contribution in [0.3, 0.4) is 0 Å². The van der Waals surface area contributed by atoms with Crippen molar-refractivity contribution in [1.29, 1.82) is 0 Å². The Morgan fingerprint density at radius 2 is 0.870 bits per heavy atom. The topological polar surface area (TPSA) is 9.86 Å². The van der Waals surface area contributed by atoms with Crippen molar-refractivity contribution < 1.29 is 0 Å². The molecule has 54 heavy (non-hydrogen) atoms. The van der Waals surface area contributed by atoms with Gasteiger partial charge in [0.25, 0.3) is 0 Å². The van der Waals surface area contributed by atoms with Crippen LogP contribution in [0.2, 0.25) is 0 Å². The van der Waals surface area contributed by atoms with Crippen molar-refractivity contribution in [3.63, 3.8) is 0 Å². The molecule has 1 aliphatic rings. The van der Waals surface area contributed by atoms with E-state index in [2.05, 4.69) is 203 Å². The Morgan fingerprint density at radius 1 is 0.352 bits per heavy atom. The number of hydrogen-bond donors (Lipinski definition) is 0. The van der Waals surface area contributed by atoms with E-state index in [1.165, 1.54) is 99.8 Å². The lowest BCUT2D eigenvalue weighted by Crippen LogP contribution is -2.10. The molecule has 0 spiro atoms. The molecule has 0 unspecified atom stereocenters. The van der Waals surface area contributed by atoms with Crippen LogP contribution in [0.1, 0.15) is 11.3 Å². The van der Waals surface area contributed by atoms with Crippen LogP contribution in [0.25, 0.3) is 88.6 Å². The molecule has 0 saturated carbocycles. The zero-order chi connectivity index (χ0) is 35.6. The lowest BCUT2D eigenvalue weighted by molar-refractivity contribution is 0.863. The van der Waals surface area contributed by atoms with Gasteiger partial charge >= 0.3 is 0 Å². The number of rotatable bonds is 5. The summed E-state index contributed by atoms with van der Waals surface area (Å²) in [6.45, 7) is 0. The van der Waals surface area contributed by atoms with Gasteiger partial charge in [-0.15, -0.1) is 0 Å². The first-order chi connectivity index (χ1) is 26.8. The fourth-order valence-corrected chi connectivity index (χ4v) is 9.09. The molecule has 11 rings (SSSR count). The minimum Gasteiger partial charge on any atom is -0.313 e. The molecule has 0 fully saturated rings. The SMILES string of the molecule is c1ccc(-c2cc(-c3ccccc3)cc(-n3c4c(c5ccccc53)-c3c(c5ccccc5n3-c3ccc(-c5ccccc5)c5ccccc35)CC4)c2)cc1. The Bertz CT molecular complexity index is 2960. The van der Waals surface area contributed by atoms with Crippen LogP contribution in [0.15, 0.2) is 194 Å². The van der Waals surface area contributed by atoms with Gasteiger partial charge in [-0.25, -0.2) is 0 Å². The normalized spacial score (nSPS) is 12.3. The second-order valence-corrected chi connectivity index (χ2v) is 14.4. The van der Waals surface area contributed by atoms with E-state index in [4.69, 9.17) is 0 Å². The van der Waals surface area contributed by atoms with E-state index in [0.29, 0.717) is 0 Å². The number of benzene rings is 8. The smallest absolute Gasteiger partial charge is 0.0597 e. The van der Waals surface area contributed by atoms with Gasteiger partial charge in [0, 0.05) is 33.1 Å². The molecule has 0 bridgehead atoms. The molecule has 2 heterocycles. The van der Waals surface area contributed by atoms with Crippen LogP contribution in [-0.4, -0.2) is 9.13 Å². The summed E-state index contributed by atoms with van der Waals surface area (Å²) in [7, 11) is 0. The predicted molar refractivity (Wildman–Crippen MR) is 227 cm³/mol. The Hall–Kier alpha value is -6.90. The summed E-state index contributed by atoms with van der Waals surface area (Å²) >= 11 is 0. The average molecular weight is 689 g/mol. The second kappa shape index (κ2) is 12.4. The van der Waals surface area contributed by atoms with Gasteiger partial charge in [-0.3, -0.25) is 0 Å². The van der Waals surface area contributed by atoms with Crippen molar-refractivity contribution in [2.24, 2.45) is 0 Å². The van der Waals surface area contributed by atoms with Gasteiger partial charge in [0.05, 0.1) is 22.4 Å². The first-order valence-electron chi connectivity index (χ1n) is 18.9. The number of aromatic nitrogens is 2. The van der Waals surface area contributed by atoms with Gasteiger partial charge < -0.3 is 9.13 Å². The van der Waals surface area contributed by atoms with Crippen LogP contribution >= 0.6 is 0 Å². The van der Waals surface area contributed by atoms with E-state index in [1.807, 2.05) is 0 Å². The molecule has 10 aromatic rings. The quantitative estimate of drug-likeness (QED) is 0.170. The highest BCUT2D eigenvalue weighted by Gasteiger charge is 2.31. The number of nitrogens with zero attached hydrogens (tertiary/aromatic N) is 2. The maximum Gasteiger partial charge on any atom is 0.0597 e. The summed E-state index contributed by atoms with van der Waals surface area (Å²) in [5, 5.41) is 5.14. The average Bonchev–Trinajstić information content (AvgIpc) is 3.77. The highest BCUT2D eigenvalue weighted by atomic mass is 15.0. The van der Waals surface area contributed by atoms with Gasteiger partial charge in [0.1, 0.15) is 0 Å². The van der Waals surface area contributed by atoms with E-state index < -0.39 is 0 Å². The summed E-state index contributed by atoms with van der Waals surface area (Å²) < 4.78 is 5.14. The van der Waals surface area contributed by atoms with Crippen molar-refractivity contribution in [2.45, 2.75) is 12.8 Å². The molecular formula is C52H36N2. The highest BCUT2D eigenvalue weighted by Crippen LogP contribution is 2.48. The molecule has 0 amide bonds. The molecular weight excluding hydrogens is 653 g/mol. The van der Waals surface area contributed by atoms with Gasteiger partial charge in [0.2, 0.25) is 0 Å². The number of hydrogen-bond acceptors (Lipinski definition) is 0. The molecule has 254 valence electrons. The van der Waals surface area contributed by atoms with E-state index in [-0.39, 0.29) is 0 Å². The predicted octanol–water partition coefficient (Wildman–Crippen LogP) is 13.5. The van der Waals surface area contributed by atoms with Crippen LogP contribution < -0.4 is 0 Å². The molecule has 0 radical (unpaired) electrons. The first-order valence-corrected chi connectivity index (χ1v) is 18.9. The molecule has 8 aromatic carbocycles. The van der Waals surface area contributed by atoms with Gasteiger partial charge in [-0.05, 0) is 93.6 Å². The summed E-state index contributed by atoms with van der Waals surface area (Å²) in [6.07, 6.45) is 1.92. The van der Waals surface area contributed by atoms with Crippen molar-refractivity contribution in [3.8, 4) is 56.0 Å². The fourth-order valence-electron chi connectivity index (χ4n) is 9.09. The van der Waals surface area contributed by atoms with Crippen LogP contribution in [-0.2, 0) is 12.8 Å². The minimum absolute atomic E-state index is 0.953. The minimum atomic E-state index is 0.953. The lowest BCUT2D eigenvalue weighted by Gasteiger charge is -2.22. The molecule has 0 N–H and O–H groups in total. The zero-order valence-electron chi connectivity index (χ0n) is 29.8. The maximum absolute atomic E-state index is 2.58. The van der Waals surface area contributed by atoms with E-state index in [0.717, 1.165) is 12.8 Å². The largest absolute Gasteiger partial charge is 0.313 e. The molecule has 2 aromatic heterocycles. The van der Waals surface area contributed by atoms with Crippen LogP contribution in [0.5, 0.6) is 0 Å². The maximum atomic E-state index is 2.58. The second-order valence-electron chi connectivity index (χ2n) is 14.4. The molecule has 0 saturated heterocycles. The number of fused-ring (bicyclic) bond motifs is 8. The zero-order valence-corrected chi connectivity index (χ0v) is 29.8. The van der Waals surface area contributed by atoms with Crippen LogP contribution in [0, 0.1) is 0 Å². The summed E-state index contributed by atoms with van der Waals surface area (Å²) in [6, 6.07) is 71.1. The van der Waals surface area contributed by atoms with Gasteiger partial charge in [0.15, 0.2) is 0 Å². The van der Waals surface area contributed by atoms with Crippen molar-refractivity contribution in [1.82, 2.24) is 9.13 Å². The Morgan fingerprint density at radius 3 is 1.52 bits per heavy atom. The third-order valence-electron chi connectivity index (χ3n) is 11.4.